The van der Waals surface area contributed by atoms with E-state index in [1.807, 2.05) is 0 Å². The number of aryl methyl sites for hydroxylation is 6. The van der Waals surface area contributed by atoms with E-state index in [1.165, 1.54) is 155 Å². The summed E-state index contributed by atoms with van der Waals surface area (Å²) >= 11 is 0. The van der Waals surface area contributed by atoms with Crippen molar-refractivity contribution in [3.05, 3.63) is 266 Å². The molecule has 3 atom stereocenters. The fourth-order valence-electron chi connectivity index (χ4n) is 16.9. The van der Waals surface area contributed by atoms with Gasteiger partial charge in [0.25, 0.3) is 0 Å². The molecule has 3 unspecified atom stereocenters. The van der Waals surface area contributed by atoms with E-state index in [4.69, 9.17) is 0 Å². The summed E-state index contributed by atoms with van der Waals surface area (Å²) < 4.78 is 0. The predicted octanol–water partition coefficient (Wildman–Crippen LogP) is 15.8. The zero-order valence-electron chi connectivity index (χ0n) is 43.5. The topological polar surface area (TPSA) is 0 Å². The van der Waals surface area contributed by atoms with E-state index in [0.29, 0.717) is 5.92 Å². The molecule has 4 saturated carbocycles. The average molecular weight is 941 g/mol. The van der Waals surface area contributed by atoms with Gasteiger partial charge in [0.2, 0.25) is 6.71 Å². The van der Waals surface area contributed by atoms with Gasteiger partial charge in [0.05, 0.1) is 0 Å². The lowest BCUT2D eigenvalue weighted by Crippen LogP contribution is -2.55. The van der Waals surface area contributed by atoms with E-state index >= 15 is 0 Å². The molecule has 0 saturated heterocycles. The summed E-state index contributed by atoms with van der Waals surface area (Å²) in [5.74, 6) is 2.08. The summed E-state index contributed by atoms with van der Waals surface area (Å²) in [5.41, 5.74) is 32.6. The molecule has 0 N–H and O–H groups in total. The summed E-state index contributed by atoms with van der Waals surface area (Å²) in [4.78, 5) is 0. The molecule has 4 fully saturated rings. The van der Waals surface area contributed by atoms with Crippen molar-refractivity contribution in [2.75, 3.05) is 0 Å². The third kappa shape index (κ3) is 7.08. The van der Waals surface area contributed by atoms with Crippen LogP contribution in [0, 0.1) is 53.4 Å². The lowest BCUT2D eigenvalue weighted by Gasteiger charge is -2.63. The summed E-state index contributed by atoms with van der Waals surface area (Å²) in [6, 6.07) is 73.9. The maximum atomic E-state index is 2.58. The Morgan fingerprint density at radius 1 is 0.370 bits per heavy atom. The minimum absolute atomic E-state index is 0.123. The SMILES string of the molecule is Cc1cc(C)c(B(c2ccc3c(c2)-c2cc(-c4ccc(C56CC7CC(C5)CC(c5ccc(C8c9ccccc9-c9ccccc98)cc5)(C7)C6)cc4)ccc2C3c2ccccc2)c2c(C)cc(C)cc2C)c(C)c1. The van der Waals surface area contributed by atoms with Crippen LogP contribution in [0.1, 0.15) is 128 Å². The van der Waals surface area contributed by atoms with Crippen molar-refractivity contribution >= 4 is 23.1 Å². The minimum Gasteiger partial charge on any atom is -0.0680 e. The van der Waals surface area contributed by atoms with E-state index in [2.05, 4.69) is 230 Å². The summed E-state index contributed by atoms with van der Waals surface area (Å²) in [6.07, 6.45) is 8.03. The summed E-state index contributed by atoms with van der Waals surface area (Å²) in [6.45, 7) is 13.9. The highest BCUT2D eigenvalue weighted by Gasteiger charge is 2.58. The van der Waals surface area contributed by atoms with Gasteiger partial charge in [-0.15, -0.1) is 0 Å². The number of rotatable bonds is 8. The Balaban J connectivity index is 0.812. The molecule has 0 aliphatic heterocycles. The van der Waals surface area contributed by atoms with Crippen molar-refractivity contribution < 1.29 is 0 Å². The van der Waals surface area contributed by atoms with Crippen LogP contribution in [0.15, 0.2) is 188 Å². The van der Waals surface area contributed by atoms with Crippen molar-refractivity contribution in [3.8, 4) is 33.4 Å². The quantitative estimate of drug-likeness (QED) is 0.133. The Bertz CT molecular complexity index is 3500. The maximum Gasteiger partial charge on any atom is 0.242 e. The molecular weight excluding hydrogens is 876 g/mol. The smallest absolute Gasteiger partial charge is 0.0680 e. The van der Waals surface area contributed by atoms with Crippen LogP contribution in [0.4, 0.5) is 0 Å². The van der Waals surface area contributed by atoms with Gasteiger partial charge in [-0.05, 0) is 187 Å². The molecule has 9 aromatic carbocycles. The van der Waals surface area contributed by atoms with Crippen LogP contribution in [0.25, 0.3) is 33.4 Å². The Labute approximate surface area is 434 Å². The molecule has 356 valence electrons. The maximum absolute atomic E-state index is 2.58. The Kier molecular flexibility index (Phi) is 10.3. The Morgan fingerprint density at radius 3 is 1.33 bits per heavy atom. The van der Waals surface area contributed by atoms with Gasteiger partial charge in [0.1, 0.15) is 0 Å². The van der Waals surface area contributed by atoms with Crippen molar-refractivity contribution in [1.82, 2.24) is 0 Å². The van der Waals surface area contributed by atoms with Gasteiger partial charge in [0.15, 0.2) is 0 Å². The van der Waals surface area contributed by atoms with Crippen molar-refractivity contribution in [2.24, 2.45) is 11.8 Å². The normalized spacial score (nSPS) is 22.0. The van der Waals surface area contributed by atoms with Gasteiger partial charge in [-0.3, -0.25) is 0 Å². The number of hydrogen-bond acceptors (Lipinski definition) is 0. The molecule has 0 spiro atoms. The molecule has 9 aromatic rings. The molecule has 0 amide bonds. The molecule has 0 radical (unpaired) electrons. The second-order valence-corrected chi connectivity index (χ2v) is 23.9. The molecule has 73 heavy (non-hydrogen) atoms. The van der Waals surface area contributed by atoms with Crippen LogP contribution in [-0.2, 0) is 10.8 Å². The largest absolute Gasteiger partial charge is 0.242 e. The van der Waals surface area contributed by atoms with Crippen LogP contribution < -0.4 is 16.4 Å². The fourth-order valence-corrected chi connectivity index (χ4v) is 16.9. The first-order valence-electron chi connectivity index (χ1n) is 27.4. The van der Waals surface area contributed by atoms with Crippen LogP contribution in [-0.4, -0.2) is 6.71 Å². The fraction of sp³-hybridized carbons (Fsp3) is 0.250. The number of fused-ring (bicyclic) bond motifs is 6. The first kappa shape index (κ1) is 44.7. The monoisotopic (exact) mass is 941 g/mol. The van der Waals surface area contributed by atoms with Gasteiger partial charge >= 0.3 is 0 Å². The zero-order chi connectivity index (χ0) is 49.3. The molecule has 1 heteroatoms. The van der Waals surface area contributed by atoms with Gasteiger partial charge < -0.3 is 0 Å². The third-order valence-corrected chi connectivity index (χ3v) is 19.1. The zero-order valence-corrected chi connectivity index (χ0v) is 43.5. The Morgan fingerprint density at radius 2 is 0.795 bits per heavy atom. The molecule has 4 bridgehead atoms. The predicted molar refractivity (Wildman–Crippen MR) is 308 cm³/mol. The summed E-state index contributed by atoms with van der Waals surface area (Å²) in [5, 5.41) is 0. The van der Waals surface area contributed by atoms with E-state index in [9.17, 15) is 0 Å². The first-order chi connectivity index (χ1) is 35.5. The number of benzene rings is 9. The highest BCUT2D eigenvalue weighted by molar-refractivity contribution is 6.96. The molecule has 15 rings (SSSR count). The van der Waals surface area contributed by atoms with E-state index in [-0.39, 0.29) is 23.5 Å². The van der Waals surface area contributed by atoms with Crippen molar-refractivity contribution in [2.45, 2.75) is 103 Å². The van der Waals surface area contributed by atoms with Crippen LogP contribution in [0.2, 0.25) is 0 Å². The highest BCUT2D eigenvalue weighted by atomic mass is 14.6. The van der Waals surface area contributed by atoms with Gasteiger partial charge in [-0.2, -0.15) is 0 Å². The van der Waals surface area contributed by atoms with Gasteiger partial charge in [-0.1, -0.05) is 232 Å². The second-order valence-electron chi connectivity index (χ2n) is 23.9. The Hall–Kier alpha value is -6.96. The third-order valence-electron chi connectivity index (χ3n) is 19.1. The van der Waals surface area contributed by atoms with Crippen molar-refractivity contribution in [3.63, 3.8) is 0 Å². The van der Waals surface area contributed by atoms with Crippen LogP contribution in [0.5, 0.6) is 0 Å². The van der Waals surface area contributed by atoms with Gasteiger partial charge in [-0.25, -0.2) is 0 Å². The van der Waals surface area contributed by atoms with Crippen molar-refractivity contribution in [1.29, 1.82) is 0 Å². The van der Waals surface area contributed by atoms with Gasteiger partial charge in [0, 0.05) is 11.8 Å². The van der Waals surface area contributed by atoms with E-state index < -0.39 is 0 Å². The first-order valence-corrected chi connectivity index (χ1v) is 27.4. The van der Waals surface area contributed by atoms with E-state index in [0.717, 1.165) is 11.8 Å². The summed E-state index contributed by atoms with van der Waals surface area (Å²) in [7, 11) is 0. The minimum atomic E-state index is 0.123. The highest BCUT2D eigenvalue weighted by Crippen LogP contribution is 2.66. The average Bonchev–Trinajstić information content (AvgIpc) is 3.90. The second kappa shape index (κ2) is 16.8. The van der Waals surface area contributed by atoms with Crippen LogP contribution >= 0.6 is 0 Å². The lowest BCUT2D eigenvalue weighted by atomic mass is 9.34. The van der Waals surface area contributed by atoms with Crippen LogP contribution in [0.3, 0.4) is 0 Å². The molecule has 6 aliphatic carbocycles. The molecular formula is C72H65B. The molecule has 0 nitrogen and oxygen atoms in total. The lowest BCUT2D eigenvalue weighted by molar-refractivity contribution is -0.0281. The molecule has 0 aromatic heterocycles. The molecule has 0 heterocycles. The standard InChI is InChI=1S/C72H65B/c1-44-32-46(3)69(47(4)33-44)73(70-48(5)34-45(2)35-49(70)6)58-29-31-64-66(38-58)65-37-55(24-30-63(65)67(64)53-14-8-7-9-15-53)52-20-25-56(26-21-52)71-39-50-36-51(40-71)42-72(41-50,43-71)57-27-22-54(23-28-57)68-61-18-12-10-16-59(61)60-17-11-13-19-62(60)68/h7-35,37-38,50-51,67-68H,36,39-43H2,1-6H3. The number of hydrogen-bond donors (Lipinski definition) is 0. The van der Waals surface area contributed by atoms with E-state index in [1.54, 1.807) is 11.1 Å². The molecule has 6 aliphatic rings.